The summed E-state index contributed by atoms with van der Waals surface area (Å²) < 4.78 is 19.1. The quantitative estimate of drug-likeness (QED) is 0.532. The first-order valence-electron chi connectivity index (χ1n) is 9.82. The molecule has 7 heteroatoms. The van der Waals surface area contributed by atoms with Crippen LogP contribution in [-0.4, -0.2) is 34.6 Å². The number of rotatable bonds is 4. The zero-order valence-corrected chi connectivity index (χ0v) is 17.0. The summed E-state index contributed by atoms with van der Waals surface area (Å²) in [4.78, 5) is 23.5. The van der Waals surface area contributed by atoms with Crippen LogP contribution in [0.1, 0.15) is 17.5 Å². The molecular weight excluding hydrogens is 401 g/mol. The number of ether oxygens (including phenoxy) is 1. The fraction of sp³-hybridized carbons (Fsp3) is 0.217. The van der Waals surface area contributed by atoms with Crippen LogP contribution in [0.25, 0.3) is 21.3 Å². The molecule has 1 aliphatic heterocycles. The highest BCUT2D eigenvalue weighted by Crippen LogP contribution is 2.30. The lowest BCUT2D eigenvalue weighted by molar-refractivity contribution is -0.0336. The second kappa shape index (κ2) is 8.10. The lowest BCUT2D eigenvalue weighted by Crippen LogP contribution is -2.38. The normalized spacial score (nSPS) is 17.4. The molecule has 0 saturated carbocycles. The average Bonchev–Trinajstić information content (AvgIpc) is 3.20. The van der Waals surface area contributed by atoms with E-state index in [1.807, 2.05) is 35.7 Å². The van der Waals surface area contributed by atoms with Gasteiger partial charge in [0.1, 0.15) is 16.5 Å². The van der Waals surface area contributed by atoms with Gasteiger partial charge < -0.3 is 9.72 Å². The largest absolute Gasteiger partial charge is 0.371 e. The Labute approximate surface area is 176 Å². The first-order chi connectivity index (χ1) is 14.7. The molecule has 0 spiro atoms. The molecule has 5 nitrogen and oxygen atoms in total. The smallest absolute Gasteiger partial charge is 0.260 e. The molecular formula is C23H20FN3O2S. The van der Waals surface area contributed by atoms with E-state index >= 15 is 0 Å². The van der Waals surface area contributed by atoms with Gasteiger partial charge in [-0.2, -0.15) is 0 Å². The lowest BCUT2D eigenvalue weighted by atomic mass is 10.1. The lowest BCUT2D eigenvalue weighted by Gasteiger charge is -2.32. The topological polar surface area (TPSA) is 58.2 Å². The Morgan fingerprint density at radius 1 is 1.17 bits per heavy atom. The first kappa shape index (κ1) is 19.1. The molecule has 2 aromatic carbocycles. The number of aromatic nitrogens is 2. The Morgan fingerprint density at radius 2 is 1.97 bits per heavy atom. The number of thiophene rings is 1. The summed E-state index contributed by atoms with van der Waals surface area (Å²) in [5.74, 6) is 0.390. The third-order valence-corrected chi connectivity index (χ3v) is 6.22. The fourth-order valence-corrected chi connectivity index (χ4v) is 4.80. The number of nitrogens with one attached hydrogen (secondary N) is 1. The van der Waals surface area contributed by atoms with Gasteiger partial charge in [0.25, 0.3) is 5.56 Å². The van der Waals surface area contributed by atoms with Crippen LogP contribution < -0.4 is 5.56 Å². The summed E-state index contributed by atoms with van der Waals surface area (Å²) in [7, 11) is 0. The molecule has 0 aliphatic carbocycles. The number of aromatic amines is 1. The molecule has 30 heavy (non-hydrogen) atoms. The minimum atomic E-state index is -0.257. The van der Waals surface area contributed by atoms with Crippen molar-refractivity contribution in [1.82, 2.24) is 14.9 Å². The van der Waals surface area contributed by atoms with Gasteiger partial charge >= 0.3 is 0 Å². The van der Waals surface area contributed by atoms with Crippen molar-refractivity contribution in [2.24, 2.45) is 0 Å². The van der Waals surface area contributed by atoms with Crippen molar-refractivity contribution in [2.75, 3.05) is 19.7 Å². The highest BCUT2D eigenvalue weighted by Gasteiger charge is 2.23. The number of fused-ring (bicyclic) bond motifs is 1. The molecule has 4 aromatic rings. The van der Waals surface area contributed by atoms with Crippen LogP contribution in [-0.2, 0) is 11.3 Å². The van der Waals surface area contributed by atoms with Crippen molar-refractivity contribution in [2.45, 2.75) is 12.6 Å². The molecule has 1 fully saturated rings. The molecule has 3 heterocycles. The van der Waals surface area contributed by atoms with E-state index in [1.54, 1.807) is 12.1 Å². The maximum Gasteiger partial charge on any atom is 0.260 e. The Balaban J connectivity index is 1.38. The van der Waals surface area contributed by atoms with E-state index in [0.29, 0.717) is 30.9 Å². The molecule has 1 unspecified atom stereocenters. The minimum absolute atomic E-state index is 0.113. The predicted octanol–water partition coefficient (Wildman–Crippen LogP) is 4.36. The van der Waals surface area contributed by atoms with Gasteiger partial charge in [-0.1, -0.05) is 42.5 Å². The van der Waals surface area contributed by atoms with Crippen LogP contribution in [0.4, 0.5) is 4.39 Å². The molecule has 5 rings (SSSR count). The summed E-state index contributed by atoms with van der Waals surface area (Å²) in [5.41, 5.74) is 2.76. The Hall–Kier alpha value is -2.87. The highest BCUT2D eigenvalue weighted by atomic mass is 32.1. The van der Waals surface area contributed by atoms with E-state index in [4.69, 9.17) is 9.72 Å². The molecule has 1 saturated heterocycles. The second-order valence-electron chi connectivity index (χ2n) is 7.35. The van der Waals surface area contributed by atoms with Crippen LogP contribution in [0.15, 0.2) is 64.8 Å². The van der Waals surface area contributed by atoms with Gasteiger partial charge in [0.2, 0.25) is 0 Å². The number of hydrogen-bond donors (Lipinski definition) is 1. The molecule has 1 atom stereocenters. The zero-order valence-electron chi connectivity index (χ0n) is 16.2. The van der Waals surface area contributed by atoms with Gasteiger partial charge in [0.15, 0.2) is 0 Å². The summed E-state index contributed by atoms with van der Waals surface area (Å²) in [5, 5.41) is 2.63. The van der Waals surface area contributed by atoms with Gasteiger partial charge in [-0.25, -0.2) is 9.37 Å². The van der Waals surface area contributed by atoms with Crippen molar-refractivity contribution < 1.29 is 9.13 Å². The minimum Gasteiger partial charge on any atom is -0.371 e. The Morgan fingerprint density at radius 3 is 2.77 bits per heavy atom. The molecule has 2 aromatic heterocycles. The molecule has 0 radical (unpaired) electrons. The van der Waals surface area contributed by atoms with E-state index in [0.717, 1.165) is 28.1 Å². The molecule has 0 bridgehead atoms. The van der Waals surface area contributed by atoms with Crippen LogP contribution >= 0.6 is 11.3 Å². The van der Waals surface area contributed by atoms with Crippen LogP contribution in [0.5, 0.6) is 0 Å². The highest BCUT2D eigenvalue weighted by molar-refractivity contribution is 7.17. The number of morpholine rings is 1. The summed E-state index contributed by atoms with van der Waals surface area (Å²) in [6.07, 6.45) is -0.124. The fourth-order valence-electron chi connectivity index (χ4n) is 3.84. The van der Waals surface area contributed by atoms with E-state index in [1.165, 1.54) is 23.5 Å². The summed E-state index contributed by atoms with van der Waals surface area (Å²) in [6.45, 7) is 2.52. The number of benzene rings is 2. The van der Waals surface area contributed by atoms with Crippen molar-refractivity contribution in [1.29, 1.82) is 0 Å². The van der Waals surface area contributed by atoms with Gasteiger partial charge in [-0.05, 0) is 23.3 Å². The molecule has 1 N–H and O–H groups in total. The van der Waals surface area contributed by atoms with Crippen molar-refractivity contribution in [3.8, 4) is 11.1 Å². The predicted molar refractivity (Wildman–Crippen MR) is 116 cm³/mol. The van der Waals surface area contributed by atoms with Gasteiger partial charge in [0, 0.05) is 24.0 Å². The van der Waals surface area contributed by atoms with Crippen molar-refractivity contribution >= 4 is 21.6 Å². The SMILES string of the molecule is O=c1[nH]c(CN2CCOC(c3ccc(F)cc3)C2)nc2scc(-c3ccccc3)c12. The van der Waals surface area contributed by atoms with Gasteiger partial charge in [0.05, 0.1) is 24.6 Å². The van der Waals surface area contributed by atoms with Crippen LogP contribution in [0.3, 0.4) is 0 Å². The third-order valence-electron chi connectivity index (χ3n) is 5.34. The molecule has 0 amide bonds. The van der Waals surface area contributed by atoms with E-state index in [-0.39, 0.29) is 17.5 Å². The second-order valence-corrected chi connectivity index (χ2v) is 8.21. The number of nitrogens with zero attached hydrogens (tertiary/aromatic N) is 2. The number of H-pyrrole nitrogens is 1. The zero-order chi connectivity index (χ0) is 20.5. The Kier molecular flexibility index (Phi) is 5.16. The third kappa shape index (κ3) is 3.79. The standard InChI is InChI=1S/C23H20FN3O2S/c24-17-8-6-16(7-9-17)19-12-27(10-11-29-19)13-20-25-22(28)21-18(14-30-23(21)26-20)15-4-2-1-3-5-15/h1-9,14,19H,10-13H2,(H,25,26,28). The summed E-state index contributed by atoms with van der Waals surface area (Å²) >= 11 is 1.49. The maximum absolute atomic E-state index is 13.2. The number of halogens is 1. The van der Waals surface area contributed by atoms with Gasteiger partial charge in [-0.15, -0.1) is 11.3 Å². The van der Waals surface area contributed by atoms with Crippen LogP contribution in [0.2, 0.25) is 0 Å². The number of hydrogen-bond acceptors (Lipinski definition) is 5. The van der Waals surface area contributed by atoms with Crippen molar-refractivity contribution in [3.63, 3.8) is 0 Å². The van der Waals surface area contributed by atoms with Gasteiger partial charge in [-0.3, -0.25) is 9.69 Å². The first-order valence-corrected chi connectivity index (χ1v) is 10.7. The molecule has 152 valence electrons. The van der Waals surface area contributed by atoms with Crippen molar-refractivity contribution in [3.05, 3.63) is 87.5 Å². The average molecular weight is 421 g/mol. The monoisotopic (exact) mass is 421 g/mol. The van der Waals surface area contributed by atoms with E-state index in [9.17, 15) is 9.18 Å². The van der Waals surface area contributed by atoms with E-state index < -0.39 is 0 Å². The Bertz CT molecular complexity index is 1220. The molecule has 1 aliphatic rings. The maximum atomic E-state index is 13.2. The van der Waals surface area contributed by atoms with Crippen LogP contribution in [0, 0.1) is 5.82 Å². The van der Waals surface area contributed by atoms with E-state index in [2.05, 4.69) is 9.88 Å². The summed E-state index contributed by atoms with van der Waals surface area (Å²) in [6, 6.07) is 16.3.